The van der Waals surface area contributed by atoms with Crippen LogP contribution in [0.3, 0.4) is 0 Å². The maximum Gasteiger partial charge on any atom is 0.224 e. The molecule has 2 aromatic rings. The molecule has 4 rings (SSSR count). The number of rotatable bonds is 3. The van der Waals surface area contributed by atoms with E-state index in [1.165, 1.54) is 24.0 Å². The van der Waals surface area contributed by atoms with E-state index in [0.29, 0.717) is 6.04 Å². The zero-order chi connectivity index (χ0) is 15.2. The van der Waals surface area contributed by atoms with Crippen LogP contribution in [0.15, 0.2) is 36.5 Å². The third-order valence-corrected chi connectivity index (χ3v) is 4.63. The van der Waals surface area contributed by atoms with Crippen LogP contribution < -0.4 is 10.2 Å². The third-order valence-electron chi connectivity index (χ3n) is 4.63. The summed E-state index contributed by atoms with van der Waals surface area (Å²) in [6.07, 6.45) is 5.37. The van der Waals surface area contributed by atoms with Gasteiger partial charge in [0.1, 0.15) is 5.82 Å². The van der Waals surface area contributed by atoms with Gasteiger partial charge >= 0.3 is 0 Å². The summed E-state index contributed by atoms with van der Waals surface area (Å²) in [5, 5.41) is 3.39. The quantitative estimate of drug-likeness (QED) is 0.942. The van der Waals surface area contributed by atoms with Crippen molar-refractivity contribution in [2.45, 2.75) is 51.2 Å². The lowest BCUT2D eigenvalue weighted by atomic mass is 9.85. The maximum absolute atomic E-state index is 4.75. The highest BCUT2D eigenvalue weighted by Gasteiger charge is 2.33. The molecule has 1 saturated carbocycles. The van der Waals surface area contributed by atoms with E-state index in [9.17, 15) is 0 Å². The molecule has 1 aliphatic carbocycles. The van der Waals surface area contributed by atoms with E-state index >= 15 is 0 Å². The summed E-state index contributed by atoms with van der Waals surface area (Å²) in [5.74, 6) is 1.77. The Morgan fingerprint density at radius 3 is 2.68 bits per heavy atom. The third kappa shape index (κ3) is 2.54. The van der Waals surface area contributed by atoms with Crippen molar-refractivity contribution >= 4 is 11.8 Å². The van der Waals surface area contributed by atoms with Gasteiger partial charge in [-0.15, -0.1) is 0 Å². The molecule has 0 spiro atoms. The van der Waals surface area contributed by atoms with Crippen molar-refractivity contribution in [3.63, 3.8) is 0 Å². The maximum atomic E-state index is 4.75. The predicted octanol–water partition coefficient (Wildman–Crippen LogP) is 3.39. The Bertz CT molecular complexity index is 691. The Balaban J connectivity index is 1.66. The summed E-state index contributed by atoms with van der Waals surface area (Å²) in [7, 11) is 0. The van der Waals surface area contributed by atoms with Crippen LogP contribution in [0.4, 0.5) is 11.8 Å². The first-order valence-corrected chi connectivity index (χ1v) is 8.06. The van der Waals surface area contributed by atoms with E-state index in [1.807, 2.05) is 12.3 Å². The van der Waals surface area contributed by atoms with Crippen molar-refractivity contribution < 1.29 is 0 Å². The first-order chi connectivity index (χ1) is 10.6. The van der Waals surface area contributed by atoms with E-state index in [-0.39, 0.29) is 5.54 Å². The normalized spacial score (nSPS) is 19.6. The van der Waals surface area contributed by atoms with Crippen LogP contribution in [-0.2, 0) is 13.0 Å². The summed E-state index contributed by atoms with van der Waals surface area (Å²) in [4.78, 5) is 11.5. The van der Waals surface area contributed by atoms with Gasteiger partial charge in [-0.25, -0.2) is 4.98 Å². The summed E-state index contributed by atoms with van der Waals surface area (Å²) in [6.45, 7) is 5.49. The van der Waals surface area contributed by atoms with Crippen LogP contribution in [0.1, 0.15) is 37.8 Å². The Morgan fingerprint density at radius 2 is 1.91 bits per heavy atom. The van der Waals surface area contributed by atoms with E-state index in [0.717, 1.165) is 24.7 Å². The molecule has 2 heterocycles. The molecular formula is C18H22N4. The van der Waals surface area contributed by atoms with Gasteiger partial charge in [-0.1, -0.05) is 24.3 Å². The standard InChI is InChI=1S/C18H22N4/c1-18(2)11-13-5-3-4-6-14(13)12-22(18)16-9-10-19-17(21-16)20-15-7-8-15/h3-6,9-10,15H,7-8,11-12H2,1-2H3,(H,19,20,21). The second kappa shape index (κ2) is 4.97. The van der Waals surface area contributed by atoms with Crippen molar-refractivity contribution in [1.29, 1.82) is 0 Å². The Morgan fingerprint density at radius 1 is 1.14 bits per heavy atom. The molecule has 0 bridgehead atoms. The van der Waals surface area contributed by atoms with Gasteiger partial charge in [0.15, 0.2) is 0 Å². The number of fused-ring (bicyclic) bond motifs is 1. The van der Waals surface area contributed by atoms with Gasteiger partial charge in [-0.3, -0.25) is 0 Å². The van der Waals surface area contributed by atoms with Gasteiger partial charge in [-0.05, 0) is 50.3 Å². The first-order valence-electron chi connectivity index (χ1n) is 8.06. The average Bonchev–Trinajstić information content (AvgIpc) is 3.30. The van der Waals surface area contributed by atoms with E-state index in [4.69, 9.17) is 4.98 Å². The molecule has 22 heavy (non-hydrogen) atoms. The second-order valence-corrected chi connectivity index (χ2v) is 7.00. The van der Waals surface area contributed by atoms with Crippen LogP contribution in [0.5, 0.6) is 0 Å². The summed E-state index contributed by atoms with van der Waals surface area (Å²) in [6, 6.07) is 11.3. The van der Waals surface area contributed by atoms with Gasteiger partial charge in [0.25, 0.3) is 0 Å². The van der Waals surface area contributed by atoms with E-state index in [2.05, 4.69) is 53.3 Å². The molecule has 114 valence electrons. The minimum Gasteiger partial charge on any atom is -0.351 e. The van der Waals surface area contributed by atoms with Crippen LogP contribution >= 0.6 is 0 Å². The van der Waals surface area contributed by atoms with Crippen molar-refractivity contribution in [2.75, 3.05) is 10.2 Å². The number of hydrogen-bond donors (Lipinski definition) is 1. The predicted molar refractivity (Wildman–Crippen MR) is 89.1 cm³/mol. The molecule has 1 aromatic heterocycles. The SMILES string of the molecule is CC1(C)Cc2ccccc2CN1c1ccnc(NC2CC2)n1. The molecule has 0 unspecified atom stereocenters. The molecule has 0 amide bonds. The number of hydrogen-bond acceptors (Lipinski definition) is 4. The molecule has 1 N–H and O–H groups in total. The molecule has 0 radical (unpaired) electrons. The highest BCUT2D eigenvalue weighted by molar-refractivity contribution is 5.50. The fourth-order valence-electron chi connectivity index (χ4n) is 3.20. The van der Waals surface area contributed by atoms with Gasteiger partial charge in [0, 0.05) is 24.3 Å². The number of nitrogens with zero attached hydrogens (tertiary/aromatic N) is 3. The van der Waals surface area contributed by atoms with E-state index < -0.39 is 0 Å². The second-order valence-electron chi connectivity index (χ2n) is 7.00. The smallest absolute Gasteiger partial charge is 0.224 e. The molecular weight excluding hydrogens is 272 g/mol. The molecule has 4 nitrogen and oxygen atoms in total. The number of nitrogens with one attached hydrogen (secondary N) is 1. The molecule has 0 atom stereocenters. The average molecular weight is 294 g/mol. The molecule has 1 aliphatic heterocycles. The number of benzene rings is 1. The highest BCUT2D eigenvalue weighted by Crippen LogP contribution is 2.34. The molecule has 1 fully saturated rings. The zero-order valence-electron chi connectivity index (χ0n) is 13.2. The summed E-state index contributed by atoms with van der Waals surface area (Å²) in [5.41, 5.74) is 2.91. The highest BCUT2D eigenvalue weighted by atomic mass is 15.3. The van der Waals surface area contributed by atoms with Crippen molar-refractivity contribution in [3.05, 3.63) is 47.7 Å². The Hall–Kier alpha value is -2.10. The van der Waals surface area contributed by atoms with Crippen LogP contribution in [0, 0.1) is 0 Å². The lowest BCUT2D eigenvalue weighted by Gasteiger charge is -2.44. The first kappa shape index (κ1) is 13.6. The largest absolute Gasteiger partial charge is 0.351 e. The topological polar surface area (TPSA) is 41.1 Å². The van der Waals surface area contributed by atoms with Crippen molar-refractivity contribution in [2.24, 2.45) is 0 Å². The monoisotopic (exact) mass is 294 g/mol. The lowest BCUT2D eigenvalue weighted by Crippen LogP contribution is -2.49. The minimum absolute atomic E-state index is 0.0551. The number of aromatic nitrogens is 2. The lowest BCUT2D eigenvalue weighted by molar-refractivity contribution is 0.427. The van der Waals surface area contributed by atoms with Crippen molar-refractivity contribution in [1.82, 2.24) is 9.97 Å². The molecule has 1 aromatic carbocycles. The minimum atomic E-state index is 0.0551. The van der Waals surface area contributed by atoms with Gasteiger partial charge in [0.05, 0.1) is 0 Å². The molecule has 0 saturated heterocycles. The van der Waals surface area contributed by atoms with Crippen LogP contribution in [0.2, 0.25) is 0 Å². The van der Waals surface area contributed by atoms with Gasteiger partial charge in [0.2, 0.25) is 5.95 Å². The summed E-state index contributed by atoms with van der Waals surface area (Å²) >= 11 is 0. The number of anilines is 2. The zero-order valence-corrected chi connectivity index (χ0v) is 13.2. The van der Waals surface area contributed by atoms with Crippen LogP contribution in [-0.4, -0.2) is 21.5 Å². The summed E-state index contributed by atoms with van der Waals surface area (Å²) < 4.78 is 0. The Labute approximate surface area is 131 Å². The Kier molecular flexibility index (Phi) is 3.06. The molecule has 4 heteroatoms. The molecule has 2 aliphatic rings. The fraction of sp³-hybridized carbons (Fsp3) is 0.444. The van der Waals surface area contributed by atoms with Crippen LogP contribution in [0.25, 0.3) is 0 Å². The fourth-order valence-corrected chi connectivity index (χ4v) is 3.20. The van der Waals surface area contributed by atoms with Crippen molar-refractivity contribution in [3.8, 4) is 0 Å². The van der Waals surface area contributed by atoms with Gasteiger partial charge in [-0.2, -0.15) is 4.98 Å². The van der Waals surface area contributed by atoms with Gasteiger partial charge < -0.3 is 10.2 Å². The van der Waals surface area contributed by atoms with E-state index in [1.54, 1.807) is 0 Å².